The summed E-state index contributed by atoms with van der Waals surface area (Å²) >= 11 is 4.72. The molecule has 5 nitrogen and oxygen atoms in total. The number of aromatic nitrogens is 2. The highest BCUT2D eigenvalue weighted by Gasteiger charge is 2.21. The molecule has 4 rings (SSSR count). The molecule has 1 N–H and O–H groups in total. The van der Waals surface area contributed by atoms with Crippen molar-refractivity contribution in [3.8, 4) is 0 Å². The maximum absolute atomic E-state index is 12.8. The quantitative estimate of drug-likeness (QED) is 0.440. The number of carbonyl (C=O) groups is 1. The molecule has 0 radical (unpaired) electrons. The monoisotopic (exact) mass is 471 g/mol. The Kier molecular flexibility index (Phi) is 6.06. The lowest BCUT2D eigenvalue weighted by Gasteiger charge is -2.26. The number of thioether (sulfide) groups is 1. The summed E-state index contributed by atoms with van der Waals surface area (Å²) < 4.78 is 2.47. The molecule has 1 aromatic heterocycles. The lowest BCUT2D eigenvalue weighted by Crippen LogP contribution is -2.32. The molecule has 0 spiro atoms. The van der Waals surface area contributed by atoms with Crippen molar-refractivity contribution < 1.29 is 4.79 Å². The fourth-order valence-corrected chi connectivity index (χ4v) is 5.07. The van der Waals surface area contributed by atoms with Crippen LogP contribution in [0.25, 0.3) is 10.9 Å². The van der Waals surface area contributed by atoms with Crippen LogP contribution in [0, 0.1) is 0 Å². The smallest absolute Gasteiger partial charge is 0.262 e. The molecular formula is C22H22BrN3O2S. The fraction of sp³-hybridized carbons (Fsp3) is 0.318. The van der Waals surface area contributed by atoms with E-state index in [1.165, 1.54) is 22.9 Å². The van der Waals surface area contributed by atoms with Gasteiger partial charge >= 0.3 is 0 Å². The lowest BCUT2D eigenvalue weighted by molar-refractivity contribution is -0.119. The van der Waals surface area contributed by atoms with E-state index in [1.54, 1.807) is 10.6 Å². The molecule has 0 aliphatic heterocycles. The Morgan fingerprint density at radius 3 is 2.97 bits per heavy atom. The Labute approximate surface area is 182 Å². The van der Waals surface area contributed by atoms with Crippen LogP contribution in [0.4, 0.5) is 0 Å². The number of amides is 1. The molecule has 3 aromatic rings. The first kappa shape index (κ1) is 20.2. The summed E-state index contributed by atoms with van der Waals surface area (Å²) in [7, 11) is 0. The summed E-state index contributed by atoms with van der Waals surface area (Å²) in [5.74, 6) is 0.192. The molecule has 0 fully saturated rings. The van der Waals surface area contributed by atoms with Crippen molar-refractivity contribution in [2.24, 2.45) is 0 Å². The summed E-state index contributed by atoms with van der Waals surface area (Å²) in [4.78, 5) is 30.1. The van der Waals surface area contributed by atoms with Gasteiger partial charge < -0.3 is 5.32 Å². The Bertz CT molecular complexity index is 1130. The second kappa shape index (κ2) is 8.71. The van der Waals surface area contributed by atoms with Gasteiger partial charge in [-0.3, -0.25) is 14.2 Å². The van der Waals surface area contributed by atoms with E-state index in [-0.39, 0.29) is 23.3 Å². The molecule has 0 saturated carbocycles. The number of nitrogens with one attached hydrogen (secondary N) is 1. The van der Waals surface area contributed by atoms with Crippen LogP contribution in [-0.4, -0.2) is 21.2 Å². The van der Waals surface area contributed by atoms with E-state index in [0.29, 0.717) is 22.6 Å². The predicted octanol–water partition coefficient (Wildman–Crippen LogP) is 4.46. The van der Waals surface area contributed by atoms with Gasteiger partial charge in [0.05, 0.1) is 22.7 Å². The van der Waals surface area contributed by atoms with Gasteiger partial charge in [-0.25, -0.2) is 4.98 Å². The third kappa shape index (κ3) is 4.26. The molecular weight excluding hydrogens is 450 g/mol. The maximum atomic E-state index is 12.8. The van der Waals surface area contributed by atoms with Crippen molar-refractivity contribution in [2.75, 3.05) is 5.75 Å². The summed E-state index contributed by atoms with van der Waals surface area (Å²) in [6.07, 6.45) is 3.10. The molecule has 2 aromatic carbocycles. The minimum Gasteiger partial charge on any atom is -0.349 e. The van der Waals surface area contributed by atoms with E-state index < -0.39 is 0 Å². The van der Waals surface area contributed by atoms with E-state index in [0.717, 1.165) is 23.7 Å². The molecule has 1 heterocycles. The number of carbonyl (C=O) groups excluding carboxylic acids is 1. The first-order valence-electron chi connectivity index (χ1n) is 9.77. The Balaban J connectivity index is 1.51. The molecule has 7 heteroatoms. The highest BCUT2D eigenvalue weighted by Crippen LogP contribution is 2.29. The van der Waals surface area contributed by atoms with Crippen molar-refractivity contribution in [1.82, 2.24) is 14.9 Å². The van der Waals surface area contributed by atoms with E-state index in [9.17, 15) is 9.59 Å². The third-order valence-electron chi connectivity index (χ3n) is 5.23. The molecule has 0 bridgehead atoms. The number of nitrogens with zero attached hydrogens (tertiary/aromatic N) is 2. The molecule has 150 valence electrons. The van der Waals surface area contributed by atoms with E-state index in [4.69, 9.17) is 0 Å². The van der Waals surface area contributed by atoms with Gasteiger partial charge in [-0.2, -0.15) is 0 Å². The van der Waals surface area contributed by atoms with Gasteiger partial charge in [0, 0.05) is 11.0 Å². The van der Waals surface area contributed by atoms with Gasteiger partial charge in [-0.1, -0.05) is 52.0 Å². The molecule has 1 aliphatic rings. The number of halogens is 1. The van der Waals surface area contributed by atoms with Crippen LogP contribution in [0.15, 0.2) is 56.9 Å². The number of hydrogen-bond donors (Lipinski definition) is 1. The lowest BCUT2D eigenvalue weighted by atomic mass is 9.88. The summed E-state index contributed by atoms with van der Waals surface area (Å²) in [6.45, 7) is 2.42. The van der Waals surface area contributed by atoms with Gasteiger partial charge in [0.2, 0.25) is 5.91 Å². The largest absolute Gasteiger partial charge is 0.349 e. The Hall–Kier alpha value is -2.12. The van der Waals surface area contributed by atoms with Gasteiger partial charge in [0.1, 0.15) is 0 Å². The first-order chi connectivity index (χ1) is 14.1. The zero-order chi connectivity index (χ0) is 20.4. The van der Waals surface area contributed by atoms with E-state index in [2.05, 4.69) is 38.4 Å². The van der Waals surface area contributed by atoms with Gasteiger partial charge in [0.25, 0.3) is 5.56 Å². The summed E-state index contributed by atoms with van der Waals surface area (Å²) in [5.41, 5.74) is 3.10. The SMILES string of the molecule is CCn1c(SCC(=O)NC2CCCc3ccccc32)nc2ccc(Br)cc2c1=O. The minimum atomic E-state index is -0.0806. The fourth-order valence-electron chi connectivity index (χ4n) is 3.83. The van der Waals surface area contributed by atoms with E-state index >= 15 is 0 Å². The standard InChI is InChI=1S/C22H22BrN3O2S/c1-2-26-21(28)17-12-15(23)10-11-19(17)25-22(26)29-13-20(27)24-18-9-5-7-14-6-3-4-8-16(14)18/h3-4,6,8,10-12,18H,2,5,7,9,13H2,1H3,(H,24,27). The number of hydrogen-bond acceptors (Lipinski definition) is 4. The van der Waals surface area contributed by atoms with Crippen LogP contribution in [0.3, 0.4) is 0 Å². The molecule has 1 unspecified atom stereocenters. The molecule has 1 atom stereocenters. The van der Waals surface area contributed by atoms with Crippen molar-refractivity contribution in [1.29, 1.82) is 0 Å². The summed E-state index contributed by atoms with van der Waals surface area (Å²) in [6, 6.07) is 13.9. The van der Waals surface area contributed by atoms with Gasteiger partial charge in [0.15, 0.2) is 5.16 Å². The number of rotatable bonds is 5. The average Bonchev–Trinajstić information content (AvgIpc) is 2.73. The highest BCUT2D eigenvalue weighted by molar-refractivity contribution is 9.10. The topological polar surface area (TPSA) is 64.0 Å². The Morgan fingerprint density at radius 1 is 1.31 bits per heavy atom. The zero-order valence-corrected chi connectivity index (χ0v) is 18.6. The van der Waals surface area contributed by atoms with Crippen molar-refractivity contribution >= 4 is 44.5 Å². The normalized spacial score (nSPS) is 15.9. The van der Waals surface area contributed by atoms with Crippen molar-refractivity contribution in [3.63, 3.8) is 0 Å². The number of benzene rings is 2. The molecule has 29 heavy (non-hydrogen) atoms. The number of aryl methyl sites for hydroxylation is 1. The van der Waals surface area contributed by atoms with Crippen LogP contribution >= 0.6 is 27.7 Å². The van der Waals surface area contributed by atoms with Crippen molar-refractivity contribution in [2.45, 2.75) is 43.9 Å². The van der Waals surface area contributed by atoms with Crippen LogP contribution in [0.5, 0.6) is 0 Å². The average molecular weight is 472 g/mol. The molecule has 1 aliphatic carbocycles. The predicted molar refractivity (Wildman–Crippen MR) is 120 cm³/mol. The van der Waals surface area contributed by atoms with Crippen LogP contribution in [0.1, 0.15) is 36.9 Å². The summed E-state index contributed by atoms with van der Waals surface area (Å²) in [5, 5.41) is 4.31. The maximum Gasteiger partial charge on any atom is 0.262 e. The van der Waals surface area contributed by atoms with Crippen LogP contribution in [-0.2, 0) is 17.8 Å². The highest BCUT2D eigenvalue weighted by atomic mass is 79.9. The first-order valence-corrected chi connectivity index (χ1v) is 11.5. The zero-order valence-electron chi connectivity index (χ0n) is 16.2. The minimum absolute atomic E-state index is 0.0375. The van der Waals surface area contributed by atoms with E-state index in [1.807, 2.05) is 31.2 Å². The second-order valence-corrected chi connectivity index (χ2v) is 8.96. The Morgan fingerprint density at radius 2 is 2.14 bits per heavy atom. The van der Waals surface area contributed by atoms with Crippen LogP contribution < -0.4 is 10.9 Å². The molecule has 1 amide bonds. The number of fused-ring (bicyclic) bond motifs is 2. The van der Waals surface area contributed by atoms with Gasteiger partial charge in [-0.05, 0) is 55.5 Å². The molecule has 0 saturated heterocycles. The second-order valence-electron chi connectivity index (χ2n) is 7.11. The van der Waals surface area contributed by atoms with Crippen molar-refractivity contribution in [3.05, 3.63) is 68.4 Å². The van der Waals surface area contributed by atoms with Gasteiger partial charge in [-0.15, -0.1) is 0 Å². The van der Waals surface area contributed by atoms with Crippen LogP contribution in [0.2, 0.25) is 0 Å². The third-order valence-corrected chi connectivity index (χ3v) is 6.70.